The van der Waals surface area contributed by atoms with E-state index in [-0.39, 0.29) is 0 Å². The third-order valence-corrected chi connectivity index (χ3v) is 11.1. The van der Waals surface area contributed by atoms with Crippen LogP contribution in [-0.2, 0) is 0 Å². The van der Waals surface area contributed by atoms with Crippen molar-refractivity contribution >= 4 is 76.5 Å². The van der Waals surface area contributed by atoms with Gasteiger partial charge < -0.3 is 8.98 Å². The topological polar surface area (TPSA) is 48.8 Å². The van der Waals surface area contributed by atoms with Crippen LogP contribution in [0.2, 0.25) is 0 Å². The van der Waals surface area contributed by atoms with Crippen LogP contribution in [0.15, 0.2) is 186 Å². The van der Waals surface area contributed by atoms with Gasteiger partial charge in [-0.3, -0.25) is 4.57 Å². The second-order valence-electron chi connectivity index (χ2n) is 14.1. The Labute approximate surface area is 315 Å². The summed E-state index contributed by atoms with van der Waals surface area (Å²) in [5, 5.41) is 7.87. The minimum atomic E-state index is 0.640. The average molecular weight is 703 g/mol. The average Bonchev–Trinajstić information content (AvgIpc) is 3.91. The molecule has 0 spiro atoms. The second kappa shape index (κ2) is 11.5. The van der Waals surface area contributed by atoms with E-state index in [1.807, 2.05) is 18.2 Å². The predicted molar refractivity (Wildman–Crippen MR) is 226 cm³/mol. The van der Waals surface area contributed by atoms with Crippen molar-refractivity contribution in [3.05, 3.63) is 182 Å². The van der Waals surface area contributed by atoms with Crippen molar-refractivity contribution < 1.29 is 4.42 Å². The van der Waals surface area contributed by atoms with Gasteiger partial charge in [0.15, 0.2) is 0 Å². The minimum Gasteiger partial charge on any atom is -0.456 e. The van der Waals surface area contributed by atoms with E-state index in [2.05, 4.69) is 173 Å². The van der Waals surface area contributed by atoms with E-state index >= 15 is 0 Å². The monoisotopic (exact) mass is 702 g/mol. The number of rotatable bonds is 4. The van der Waals surface area contributed by atoms with E-state index in [1.165, 1.54) is 21.9 Å². The minimum absolute atomic E-state index is 0.640. The van der Waals surface area contributed by atoms with Crippen LogP contribution < -0.4 is 0 Å². The Bertz CT molecular complexity index is 3470. The Morgan fingerprint density at radius 2 is 0.982 bits per heavy atom. The lowest BCUT2D eigenvalue weighted by atomic mass is 10.1. The Hall–Kier alpha value is -7.50. The molecule has 0 bridgehead atoms. The van der Waals surface area contributed by atoms with Crippen LogP contribution in [0.3, 0.4) is 0 Å². The number of fused-ring (bicyclic) bond motifs is 12. The fourth-order valence-corrected chi connectivity index (χ4v) is 8.74. The Kier molecular flexibility index (Phi) is 6.27. The molecule has 0 N–H and O–H groups in total. The van der Waals surface area contributed by atoms with E-state index < -0.39 is 0 Å². The summed E-state index contributed by atoms with van der Waals surface area (Å²) in [6.45, 7) is 0. The molecular formula is C50H30N4O. The molecule has 0 aliphatic carbocycles. The van der Waals surface area contributed by atoms with Crippen molar-refractivity contribution in [3.63, 3.8) is 0 Å². The number of nitrogens with zero attached hydrogens (tertiary/aromatic N) is 4. The highest BCUT2D eigenvalue weighted by atomic mass is 16.3. The van der Waals surface area contributed by atoms with E-state index in [4.69, 9.17) is 14.4 Å². The first kappa shape index (κ1) is 30.0. The van der Waals surface area contributed by atoms with Gasteiger partial charge in [0.1, 0.15) is 11.2 Å². The maximum Gasteiger partial charge on any atom is 0.235 e. The van der Waals surface area contributed by atoms with Gasteiger partial charge in [-0.1, -0.05) is 133 Å². The van der Waals surface area contributed by atoms with E-state index in [1.54, 1.807) is 0 Å². The zero-order valence-corrected chi connectivity index (χ0v) is 29.5. The fraction of sp³-hybridized carbons (Fsp3) is 0. The first-order valence-electron chi connectivity index (χ1n) is 18.6. The number of benzene rings is 8. The van der Waals surface area contributed by atoms with Gasteiger partial charge in [-0.15, -0.1) is 0 Å². The maximum atomic E-state index is 6.49. The molecule has 4 aromatic heterocycles. The first-order valence-corrected chi connectivity index (χ1v) is 18.6. The van der Waals surface area contributed by atoms with Gasteiger partial charge in [-0.05, 0) is 59.7 Å². The normalized spacial score (nSPS) is 12.0. The molecule has 5 nitrogen and oxygen atoms in total. The molecule has 0 aliphatic rings. The highest BCUT2D eigenvalue weighted by Gasteiger charge is 2.25. The van der Waals surface area contributed by atoms with Gasteiger partial charge in [0.2, 0.25) is 5.95 Å². The fourth-order valence-electron chi connectivity index (χ4n) is 8.74. The van der Waals surface area contributed by atoms with Crippen molar-refractivity contribution in [2.45, 2.75) is 0 Å². The molecule has 55 heavy (non-hydrogen) atoms. The summed E-state index contributed by atoms with van der Waals surface area (Å²) in [6, 6.07) is 64.1. The molecule has 0 saturated heterocycles. The zero-order valence-electron chi connectivity index (χ0n) is 29.5. The molecule has 0 saturated carbocycles. The summed E-state index contributed by atoms with van der Waals surface area (Å²) >= 11 is 0. The number of aromatic nitrogens is 4. The van der Waals surface area contributed by atoms with Crippen LogP contribution in [0.25, 0.3) is 110 Å². The third kappa shape index (κ3) is 4.35. The summed E-state index contributed by atoms with van der Waals surface area (Å²) < 4.78 is 11.2. The number of furan rings is 1. The largest absolute Gasteiger partial charge is 0.456 e. The summed E-state index contributed by atoms with van der Waals surface area (Å²) in [5.41, 5.74) is 12.4. The number of hydrogen-bond acceptors (Lipinski definition) is 3. The maximum absolute atomic E-state index is 6.49. The zero-order chi connectivity index (χ0) is 36.0. The molecule has 256 valence electrons. The van der Waals surface area contributed by atoms with Crippen molar-refractivity contribution in [3.8, 4) is 34.0 Å². The lowest BCUT2D eigenvalue weighted by molar-refractivity contribution is 0.669. The quantitative estimate of drug-likeness (QED) is 0.183. The number of para-hydroxylation sites is 3. The van der Waals surface area contributed by atoms with Gasteiger partial charge in [0.05, 0.1) is 38.7 Å². The van der Waals surface area contributed by atoms with Crippen LogP contribution in [0.4, 0.5) is 0 Å². The molecule has 0 radical (unpaired) electrons. The van der Waals surface area contributed by atoms with Crippen molar-refractivity contribution in [1.29, 1.82) is 0 Å². The van der Waals surface area contributed by atoms with Crippen LogP contribution >= 0.6 is 0 Å². The van der Waals surface area contributed by atoms with Crippen molar-refractivity contribution in [2.75, 3.05) is 0 Å². The van der Waals surface area contributed by atoms with Crippen molar-refractivity contribution in [2.24, 2.45) is 0 Å². The Morgan fingerprint density at radius 3 is 1.78 bits per heavy atom. The molecule has 0 aliphatic heterocycles. The summed E-state index contributed by atoms with van der Waals surface area (Å²) in [4.78, 5) is 10.6. The van der Waals surface area contributed by atoms with Crippen LogP contribution in [0.5, 0.6) is 0 Å². The molecule has 0 unspecified atom stereocenters. The molecular weight excluding hydrogens is 673 g/mol. The van der Waals surface area contributed by atoms with Gasteiger partial charge in [0.25, 0.3) is 0 Å². The summed E-state index contributed by atoms with van der Waals surface area (Å²) in [7, 11) is 0. The molecule has 0 atom stereocenters. The SMILES string of the molecule is c1ccc(-c2ccc(-n3c4c(ccc5oc6ccccc6c54)c4ccc5c(c6ccccc6n5-c5nc(-c6ccccc6)c6ccccc6n5)c43)cc2)cc1. The highest BCUT2D eigenvalue weighted by Crippen LogP contribution is 2.45. The molecule has 12 rings (SSSR count). The predicted octanol–water partition coefficient (Wildman–Crippen LogP) is 13.1. The molecule has 5 heteroatoms. The van der Waals surface area contributed by atoms with Gasteiger partial charge in [0, 0.05) is 43.6 Å². The second-order valence-corrected chi connectivity index (χ2v) is 14.1. The Balaban J connectivity index is 1.23. The van der Waals surface area contributed by atoms with E-state index in [0.29, 0.717) is 5.95 Å². The van der Waals surface area contributed by atoms with Crippen molar-refractivity contribution in [1.82, 2.24) is 19.1 Å². The Morgan fingerprint density at radius 1 is 0.364 bits per heavy atom. The molecule has 0 amide bonds. The summed E-state index contributed by atoms with van der Waals surface area (Å²) in [5.74, 6) is 0.640. The molecule has 4 heterocycles. The third-order valence-electron chi connectivity index (χ3n) is 11.1. The smallest absolute Gasteiger partial charge is 0.235 e. The van der Waals surface area contributed by atoms with Gasteiger partial charge in [-0.25, -0.2) is 9.97 Å². The highest BCUT2D eigenvalue weighted by molar-refractivity contribution is 6.30. The van der Waals surface area contributed by atoms with Crippen LogP contribution in [0, 0.1) is 0 Å². The van der Waals surface area contributed by atoms with Crippen LogP contribution in [-0.4, -0.2) is 19.1 Å². The standard InChI is InChI=1S/C50H30N4O/c1-3-13-31(14-4-1)32-23-25-34(26-24-32)53-48-35(36-28-30-44-46(49(36)53)39-19-9-12-22-43(39)55-44)27-29-42-45(48)38-18-8-11-21-41(38)54(42)50-51-40-20-10-7-17-37(40)47(52-50)33-15-5-2-6-16-33/h1-30H. The molecule has 0 fully saturated rings. The van der Waals surface area contributed by atoms with Gasteiger partial charge in [-0.2, -0.15) is 0 Å². The molecule has 8 aromatic carbocycles. The first-order chi connectivity index (χ1) is 27.3. The van der Waals surface area contributed by atoms with Gasteiger partial charge >= 0.3 is 0 Å². The summed E-state index contributed by atoms with van der Waals surface area (Å²) in [6.07, 6.45) is 0. The lowest BCUT2D eigenvalue weighted by Gasteiger charge is -2.12. The molecule has 12 aromatic rings. The van der Waals surface area contributed by atoms with Crippen LogP contribution in [0.1, 0.15) is 0 Å². The number of hydrogen-bond donors (Lipinski definition) is 0. The van der Waals surface area contributed by atoms with E-state index in [0.717, 1.165) is 82.6 Å². The lowest BCUT2D eigenvalue weighted by Crippen LogP contribution is -2.03. The van der Waals surface area contributed by atoms with E-state index in [9.17, 15) is 0 Å².